The molecule has 0 bridgehead atoms. The lowest BCUT2D eigenvalue weighted by Crippen LogP contribution is -2.44. The second-order valence-electron chi connectivity index (χ2n) is 8.06. The van der Waals surface area contributed by atoms with Crippen LogP contribution < -0.4 is 10.6 Å². The van der Waals surface area contributed by atoms with E-state index in [0.29, 0.717) is 0 Å². The molecule has 2 aromatic rings. The van der Waals surface area contributed by atoms with E-state index in [9.17, 15) is 0 Å². The molecule has 0 aliphatic carbocycles. The Morgan fingerprint density at radius 2 is 1.87 bits per heavy atom. The molecule has 6 heteroatoms. The van der Waals surface area contributed by atoms with Gasteiger partial charge in [0.15, 0.2) is 5.96 Å². The molecule has 170 valence electrons. The van der Waals surface area contributed by atoms with Crippen molar-refractivity contribution in [3.05, 3.63) is 60.1 Å². The molecule has 31 heavy (non-hydrogen) atoms. The number of likely N-dealkylation sites (tertiary alicyclic amines) is 1. The topological polar surface area (TPSA) is 62.0 Å². The molecule has 2 N–H and O–H groups in total. The van der Waals surface area contributed by atoms with Crippen LogP contribution in [0.25, 0.3) is 0 Å². The summed E-state index contributed by atoms with van der Waals surface area (Å²) >= 11 is 0. The lowest BCUT2D eigenvalue weighted by Gasteiger charge is -2.33. The quantitative estimate of drug-likeness (QED) is 0.305. The lowest BCUT2D eigenvalue weighted by atomic mass is 10.1. The third-order valence-electron chi connectivity index (χ3n) is 5.78. The number of nitrogens with one attached hydrogen (secondary N) is 2. The Kier molecular flexibility index (Phi) is 10.5. The summed E-state index contributed by atoms with van der Waals surface area (Å²) in [6, 6.07) is 14.8. The number of ether oxygens (including phenoxy) is 1. The Morgan fingerprint density at radius 3 is 2.61 bits per heavy atom. The van der Waals surface area contributed by atoms with Crippen molar-refractivity contribution in [3.63, 3.8) is 0 Å². The zero-order valence-electron chi connectivity index (χ0n) is 18.9. The van der Waals surface area contributed by atoms with Crippen molar-refractivity contribution in [2.24, 2.45) is 4.99 Å². The number of furan rings is 1. The zero-order valence-corrected chi connectivity index (χ0v) is 18.9. The monoisotopic (exact) mass is 426 g/mol. The molecule has 0 spiro atoms. The van der Waals surface area contributed by atoms with E-state index in [2.05, 4.69) is 50.9 Å². The number of aliphatic imine (C=N–C) groups is 1. The maximum Gasteiger partial charge on any atom is 0.191 e. The van der Waals surface area contributed by atoms with Gasteiger partial charge >= 0.3 is 0 Å². The highest BCUT2D eigenvalue weighted by Gasteiger charge is 2.24. The zero-order chi connectivity index (χ0) is 21.6. The van der Waals surface area contributed by atoms with E-state index in [1.54, 1.807) is 6.26 Å². The van der Waals surface area contributed by atoms with E-state index < -0.39 is 0 Å². The van der Waals surface area contributed by atoms with Crippen LogP contribution in [0, 0.1) is 0 Å². The van der Waals surface area contributed by atoms with Crippen molar-refractivity contribution in [3.8, 4) is 0 Å². The molecule has 1 aliphatic rings. The second-order valence-corrected chi connectivity index (χ2v) is 8.06. The van der Waals surface area contributed by atoms with E-state index in [4.69, 9.17) is 9.15 Å². The number of rotatable bonds is 12. The van der Waals surface area contributed by atoms with Crippen LogP contribution in [0.5, 0.6) is 0 Å². The minimum atomic E-state index is 0.242. The summed E-state index contributed by atoms with van der Waals surface area (Å²) in [6.45, 7) is 5.51. The number of piperidine rings is 1. The molecule has 1 aromatic heterocycles. The smallest absolute Gasteiger partial charge is 0.191 e. The van der Waals surface area contributed by atoms with Crippen LogP contribution in [0.15, 0.2) is 58.1 Å². The fourth-order valence-electron chi connectivity index (χ4n) is 4.01. The van der Waals surface area contributed by atoms with E-state index in [-0.39, 0.29) is 6.04 Å². The van der Waals surface area contributed by atoms with Crippen LogP contribution in [0.1, 0.15) is 49.5 Å². The third kappa shape index (κ3) is 8.38. The predicted molar refractivity (Wildman–Crippen MR) is 126 cm³/mol. The Labute approximate surface area is 187 Å². The summed E-state index contributed by atoms with van der Waals surface area (Å²) in [6.07, 6.45) is 8.69. The highest BCUT2D eigenvalue weighted by Crippen LogP contribution is 2.24. The molecular formula is C25H38N4O2. The number of unbranched alkanes of at least 4 members (excludes halogenated alkanes) is 1. The molecule has 0 amide bonds. The molecule has 1 fully saturated rings. The third-order valence-corrected chi connectivity index (χ3v) is 5.78. The maximum absolute atomic E-state index is 5.77. The van der Waals surface area contributed by atoms with Crippen LogP contribution in [0.3, 0.4) is 0 Å². The van der Waals surface area contributed by atoms with Gasteiger partial charge in [-0.2, -0.15) is 0 Å². The van der Waals surface area contributed by atoms with Gasteiger partial charge in [0.05, 0.1) is 18.9 Å². The average molecular weight is 427 g/mol. The summed E-state index contributed by atoms with van der Waals surface area (Å²) in [5.74, 6) is 1.87. The van der Waals surface area contributed by atoms with Gasteiger partial charge in [0, 0.05) is 26.7 Å². The molecule has 1 saturated heterocycles. The summed E-state index contributed by atoms with van der Waals surface area (Å²) in [5, 5.41) is 6.91. The Bertz CT molecular complexity index is 727. The first kappa shape index (κ1) is 23.4. The minimum absolute atomic E-state index is 0.242. The molecule has 0 saturated carbocycles. The van der Waals surface area contributed by atoms with Crippen LogP contribution in [-0.4, -0.2) is 57.3 Å². The predicted octanol–water partition coefficient (Wildman–Crippen LogP) is 4.01. The molecule has 1 unspecified atom stereocenters. The normalized spacial score (nSPS) is 16.2. The number of nitrogens with zero attached hydrogens (tertiary/aromatic N) is 2. The van der Waals surface area contributed by atoms with Gasteiger partial charge in [0.25, 0.3) is 0 Å². The van der Waals surface area contributed by atoms with E-state index in [0.717, 1.165) is 70.4 Å². The van der Waals surface area contributed by atoms with Crippen molar-refractivity contribution in [1.29, 1.82) is 0 Å². The molecule has 0 radical (unpaired) electrons. The number of benzene rings is 1. The molecule has 3 rings (SSSR count). The number of hydrogen-bond acceptors (Lipinski definition) is 4. The van der Waals surface area contributed by atoms with Crippen molar-refractivity contribution in [2.75, 3.05) is 46.4 Å². The fraction of sp³-hybridized carbons (Fsp3) is 0.560. The minimum Gasteiger partial charge on any atom is -0.468 e. The van der Waals surface area contributed by atoms with Gasteiger partial charge in [-0.05, 0) is 62.9 Å². The Hall–Kier alpha value is -2.31. The molecule has 1 aliphatic heterocycles. The SMILES string of the molecule is CN=C(NCCCCOCCc1ccccc1)NCC(c1ccco1)N1CCCCC1. The van der Waals surface area contributed by atoms with Crippen molar-refractivity contribution < 1.29 is 9.15 Å². The molecular weight excluding hydrogens is 388 g/mol. The first-order valence-electron chi connectivity index (χ1n) is 11.7. The summed E-state index contributed by atoms with van der Waals surface area (Å²) in [4.78, 5) is 6.90. The van der Waals surface area contributed by atoms with Gasteiger partial charge in [-0.3, -0.25) is 9.89 Å². The van der Waals surface area contributed by atoms with E-state index in [1.807, 2.05) is 19.2 Å². The van der Waals surface area contributed by atoms with E-state index >= 15 is 0 Å². The van der Waals surface area contributed by atoms with Crippen molar-refractivity contribution in [2.45, 2.75) is 44.6 Å². The molecule has 2 heterocycles. The van der Waals surface area contributed by atoms with Gasteiger partial charge in [0.1, 0.15) is 5.76 Å². The molecule has 6 nitrogen and oxygen atoms in total. The maximum atomic E-state index is 5.77. The first-order valence-corrected chi connectivity index (χ1v) is 11.7. The standard InChI is InChI=1S/C25H38N4O2/c1-26-25(27-15-6-9-18-30-20-14-22-11-4-2-5-12-22)28-21-23(24-13-10-19-31-24)29-16-7-3-8-17-29/h2,4-5,10-13,19,23H,3,6-9,14-18,20-21H2,1H3,(H2,26,27,28). The first-order chi connectivity index (χ1) is 15.4. The van der Waals surface area contributed by atoms with Crippen LogP contribution in [0.4, 0.5) is 0 Å². The highest BCUT2D eigenvalue weighted by atomic mass is 16.5. The van der Waals surface area contributed by atoms with Gasteiger partial charge < -0.3 is 19.8 Å². The molecule has 1 aromatic carbocycles. The van der Waals surface area contributed by atoms with Gasteiger partial charge in [-0.15, -0.1) is 0 Å². The summed E-state index contributed by atoms with van der Waals surface area (Å²) in [5.41, 5.74) is 1.33. The summed E-state index contributed by atoms with van der Waals surface area (Å²) < 4.78 is 11.5. The second kappa shape index (κ2) is 13.9. The van der Waals surface area contributed by atoms with Gasteiger partial charge in [-0.25, -0.2) is 0 Å². The van der Waals surface area contributed by atoms with Crippen molar-refractivity contribution in [1.82, 2.24) is 15.5 Å². The largest absolute Gasteiger partial charge is 0.468 e. The van der Waals surface area contributed by atoms with Crippen LogP contribution >= 0.6 is 0 Å². The van der Waals surface area contributed by atoms with Gasteiger partial charge in [-0.1, -0.05) is 36.8 Å². The number of hydrogen-bond donors (Lipinski definition) is 2. The fourth-order valence-corrected chi connectivity index (χ4v) is 4.01. The Morgan fingerprint density at radius 1 is 1.03 bits per heavy atom. The molecule has 1 atom stereocenters. The van der Waals surface area contributed by atoms with Gasteiger partial charge in [0.2, 0.25) is 0 Å². The number of guanidine groups is 1. The average Bonchev–Trinajstić information content (AvgIpc) is 3.35. The Balaban J connectivity index is 1.29. The van der Waals surface area contributed by atoms with Crippen molar-refractivity contribution >= 4 is 5.96 Å². The van der Waals surface area contributed by atoms with Crippen LogP contribution in [0.2, 0.25) is 0 Å². The summed E-state index contributed by atoms with van der Waals surface area (Å²) in [7, 11) is 1.82. The van der Waals surface area contributed by atoms with E-state index in [1.165, 1.54) is 24.8 Å². The lowest BCUT2D eigenvalue weighted by molar-refractivity contribution is 0.133. The highest BCUT2D eigenvalue weighted by molar-refractivity contribution is 5.79. The van der Waals surface area contributed by atoms with Crippen LogP contribution in [-0.2, 0) is 11.2 Å².